The minimum atomic E-state index is 0.0919. The Morgan fingerprint density at radius 2 is 2.26 bits per heavy atom. The van der Waals surface area contributed by atoms with E-state index in [1.54, 1.807) is 11.3 Å². The molecule has 2 N–H and O–H groups in total. The van der Waals surface area contributed by atoms with Crippen LogP contribution in [-0.4, -0.2) is 35.2 Å². The Bertz CT molecular complexity index is 506. The predicted molar refractivity (Wildman–Crippen MR) is 76.8 cm³/mol. The van der Waals surface area contributed by atoms with Crippen molar-refractivity contribution in [3.63, 3.8) is 0 Å². The molecule has 0 aliphatic heterocycles. The normalized spacial score (nSPS) is 12.3. The minimum Gasteiger partial charge on any atom is -0.334 e. The van der Waals surface area contributed by atoms with Crippen LogP contribution >= 0.6 is 11.3 Å². The van der Waals surface area contributed by atoms with Crippen molar-refractivity contribution in [2.45, 2.75) is 20.4 Å². The summed E-state index contributed by atoms with van der Waals surface area (Å²) < 4.78 is 5.26. The molecule has 2 aromatic heterocycles. The van der Waals surface area contributed by atoms with Crippen molar-refractivity contribution in [2.24, 2.45) is 11.1 Å². The second-order valence-corrected chi connectivity index (χ2v) is 6.35. The molecular weight excluding hydrogens is 260 g/mol. The second kappa shape index (κ2) is 5.81. The van der Waals surface area contributed by atoms with Gasteiger partial charge < -0.3 is 10.3 Å². The van der Waals surface area contributed by atoms with Crippen LogP contribution in [0.25, 0.3) is 11.5 Å². The molecule has 0 saturated heterocycles. The van der Waals surface area contributed by atoms with Gasteiger partial charge in [-0.2, -0.15) is 16.3 Å². The lowest BCUT2D eigenvalue weighted by Gasteiger charge is -2.28. The lowest BCUT2D eigenvalue weighted by Crippen LogP contribution is -2.36. The Kier molecular flexibility index (Phi) is 4.34. The van der Waals surface area contributed by atoms with Gasteiger partial charge in [0.2, 0.25) is 0 Å². The summed E-state index contributed by atoms with van der Waals surface area (Å²) in [5, 5.41) is 8.01. The Balaban J connectivity index is 1.97. The molecule has 0 radical (unpaired) electrons. The average Bonchev–Trinajstić information content (AvgIpc) is 2.97. The molecule has 6 heteroatoms. The van der Waals surface area contributed by atoms with Gasteiger partial charge in [0, 0.05) is 11.9 Å². The van der Waals surface area contributed by atoms with E-state index in [0.717, 1.165) is 12.1 Å². The summed E-state index contributed by atoms with van der Waals surface area (Å²) in [6, 6.07) is 1.98. The fourth-order valence-electron chi connectivity index (χ4n) is 1.91. The Morgan fingerprint density at radius 3 is 2.89 bits per heavy atom. The molecule has 5 nitrogen and oxygen atoms in total. The summed E-state index contributed by atoms with van der Waals surface area (Å²) in [4.78, 5) is 6.57. The highest BCUT2D eigenvalue weighted by Gasteiger charge is 2.19. The largest absolute Gasteiger partial charge is 0.334 e. The van der Waals surface area contributed by atoms with Gasteiger partial charge in [0.15, 0.2) is 5.82 Å². The third kappa shape index (κ3) is 3.86. The molecule has 0 aromatic carbocycles. The molecular formula is C13H20N4OS. The van der Waals surface area contributed by atoms with Crippen LogP contribution < -0.4 is 5.73 Å². The summed E-state index contributed by atoms with van der Waals surface area (Å²) in [6.45, 7) is 6.51. The molecule has 104 valence electrons. The highest BCUT2D eigenvalue weighted by Crippen LogP contribution is 2.20. The van der Waals surface area contributed by atoms with Gasteiger partial charge in [-0.1, -0.05) is 19.0 Å². The van der Waals surface area contributed by atoms with Crippen LogP contribution in [0.1, 0.15) is 19.7 Å². The lowest BCUT2D eigenvalue weighted by molar-refractivity contribution is 0.204. The quantitative estimate of drug-likeness (QED) is 0.878. The van der Waals surface area contributed by atoms with Crippen LogP contribution in [0, 0.1) is 5.41 Å². The zero-order valence-electron chi connectivity index (χ0n) is 11.6. The van der Waals surface area contributed by atoms with Gasteiger partial charge in [-0.3, -0.25) is 4.90 Å². The molecule has 0 saturated carbocycles. The molecule has 0 aliphatic carbocycles. The van der Waals surface area contributed by atoms with E-state index in [0.29, 0.717) is 24.8 Å². The third-order valence-corrected chi connectivity index (χ3v) is 3.58. The first kappa shape index (κ1) is 14.2. The SMILES string of the molecule is CN(Cc1noc(-c2ccsc2)n1)CC(C)(C)CN. The van der Waals surface area contributed by atoms with Crippen molar-refractivity contribution in [1.29, 1.82) is 0 Å². The smallest absolute Gasteiger partial charge is 0.258 e. The number of hydrogen-bond acceptors (Lipinski definition) is 6. The van der Waals surface area contributed by atoms with Gasteiger partial charge in [0.25, 0.3) is 5.89 Å². The first-order valence-electron chi connectivity index (χ1n) is 6.24. The molecule has 0 spiro atoms. The summed E-state index contributed by atoms with van der Waals surface area (Å²) >= 11 is 1.62. The van der Waals surface area contributed by atoms with Crippen molar-refractivity contribution < 1.29 is 4.52 Å². The maximum atomic E-state index is 5.74. The van der Waals surface area contributed by atoms with Gasteiger partial charge in [0.1, 0.15) is 0 Å². The van der Waals surface area contributed by atoms with E-state index in [1.165, 1.54) is 0 Å². The first-order valence-corrected chi connectivity index (χ1v) is 7.18. The van der Waals surface area contributed by atoms with Crippen LogP contribution in [0.2, 0.25) is 0 Å². The van der Waals surface area contributed by atoms with Crippen molar-refractivity contribution in [2.75, 3.05) is 20.1 Å². The van der Waals surface area contributed by atoms with Crippen LogP contribution in [0.4, 0.5) is 0 Å². The van der Waals surface area contributed by atoms with Crippen LogP contribution in [0.5, 0.6) is 0 Å². The zero-order chi connectivity index (χ0) is 13.9. The van der Waals surface area contributed by atoms with Crippen LogP contribution in [-0.2, 0) is 6.54 Å². The van der Waals surface area contributed by atoms with Crippen LogP contribution in [0.15, 0.2) is 21.3 Å². The number of hydrogen-bond donors (Lipinski definition) is 1. The third-order valence-electron chi connectivity index (χ3n) is 2.90. The van der Waals surface area contributed by atoms with E-state index in [2.05, 4.69) is 28.9 Å². The Labute approximate surface area is 117 Å². The molecule has 0 atom stereocenters. The summed E-state index contributed by atoms with van der Waals surface area (Å²) in [5.41, 5.74) is 6.81. The van der Waals surface area contributed by atoms with E-state index in [9.17, 15) is 0 Å². The number of thiophene rings is 1. The van der Waals surface area contributed by atoms with E-state index in [4.69, 9.17) is 10.3 Å². The molecule has 2 rings (SSSR count). The molecule has 0 fully saturated rings. The molecule has 2 heterocycles. The van der Waals surface area contributed by atoms with Crippen LogP contribution in [0.3, 0.4) is 0 Å². The number of nitrogens with two attached hydrogens (primary N) is 1. The maximum Gasteiger partial charge on any atom is 0.258 e. The highest BCUT2D eigenvalue weighted by atomic mass is 32.1. The topological polar surface area (TPSA) is 68.2 Å². The van der Waals surface area contributed by atoms with E-state index >= 15 is 0 Å². The Morgan fingerprint density at radius 1 is 1.47 bits per heavy atom. The molecule has 0 unspecified atom stereocenters. The van der Waals surface area contributed by atoms with Gasteiger partial charge in [-0.25, -0.2) is 0 Å². The molecule has 0 bridgehead atoms. The summed E-state index contributed by atoms with van der Waals surface area (Å²) in [5.74, 6) is 1.29. The monoisotopic (exact) mass is 280 g/mol. The number of aromatic nitrogens is 2. The first-order chi connectivity index (χ1) is 9.00. The van der Waals surface area contributed by atoms with Crippen molar-refractivity contribution in [3.05, 3.63) is 22.7 Å². The summed E-state index contributed by atoms with van der Waals surface area (Å²) in [7, 11) is 2.04. The highest BCUT2D eigenvalue weighted by molar-refractivity contribution is 7.08. The van der Waals surface area contributed by atoms with Crippen molar-refractivity contribution in [3.8, 4) is 11.5 Å². The zero-order valence-corrected chi connectivity index (χ0v) is 12.4. The summed E-state index contributed by atoms with van der Waals surface area (Å²) in [6.07, 6.45) is 0. The van der Waals surface area contributed by atoms with Gasteiger partial charge in [-0.05, 0) is 30.5 Å². The fraction of sp³-hybridized carbons (Fsp3) is 0.538. The van der Waals surface area contributed by atoms with E-state index in [1.807, 2.05) is 23.9 Å². The molecule has 0 amide bonds. The van der Waals surface area contributed by atoms with E-state index in [-0.39, 0.29) is 5.41 Å². The lowest BCUT2D eigenvalue weighted by atomic mass is 9.93. The maximum absolute atomic E-state index is 5.74. The average molecular weight is 280 g/mol. The molecule has 0 aliphatic rings. The van der Waals surface area contributed by atoms with Crippen molar-refractivity contribution in [1.82, 2.24) is 15.0 Å². The predicted octanol–water partition coefficient (Wildman–Crippen LogP) is 2.21. The van der Waals surface area contributed by atoms with Gasteiger partial charge in [-0.15, -0.1) is 0 Å². The van der Waals surface area contributed by atoms with E-state index < -0.39 is 0 Å². The molecule has 2 aromatic rings. The molecule has 19 heavy (non-hydrogen) atoms. The number of rotatable bonds is 6. The Hall–Kier alpha value is -1.24. The second-order valence-electron chi connectivity index (χ2n) is 5.57. The number of nitrogens with zero attached hydrogens (tertiary/aromatic N) is 3. The minimum absolute atomic E-state index is 0.0919. The van der Waals surface area contributed by atoms with Gasteiger partial charge in [0.05, 0.1) is 12.1 Å². The van der Waals surface area contributed by atoms with Gasteiger partial charge >= 0.3 is 0 Å². The van der Waals surface area contributed by atoms with Crippen molar-refractivity contribution >= 4 is 11.3 Å². The standard InChI is InChI=1S/C13H20N4OS/c1-13(2,8-14)9-17(3)6-11-15-12(18-16-11)10-4-5-19-7-10/h4-5,7H,6,8-9,14H2,1-3H3. The fourth-order valence-corrected chi connectivity index (χ4v) is 2.54.